The van der Waals surface area contributed by atoms with Gasteiger partial charge in [0.15, 0.2) is 0 Å². The topological polar surface area (TPSA) is 26.0 Å². The molecule has 2 N–H and O–H groups in total. The molecule has 76 valence electrons. The molecule has 1 rings (SSSR count). The second kappa shape index (κ2) is 3.88. The first kappa shape index (κ1) is 10.9. The summed E-state index contributed by atoms with van der Waals surface area (Å²) >= 11 is 0. The van der Waals surface area contributed by atoms with E-state index in [4.69, 9.17) is 5.73 Å². The number of benzene rings is 1. The predicted molar refractivity (Wildman–Crippen MR) is 52.7 cm³/mol. The van der Waals surface area contributed by atoms with Crippen molar-refractivity contribution in [2.75, 3.05) is 0 Å². The number of rotatable bonds is 3. The summed E-state index contributed by atoms with van der Waals surface area (Å²) in [6, 6.07) is 3.72. The molecule has 0 saturated carbocycles. The molecular weight excluding hydrogens is 184 g/mol. The highest BCUT2D eigenvalue weighted by Gasteiger charge is 2.26. The Morgan fingerprint density at radius 2 is 1.93 bits per heavy atom. The Kier molecular flexibility index (Phi) is 3.01. The van der Waals surface area contributed by atoms with Crippen LogP contribution in [0.4, 0.5) is 8.78 Å². The van der Waals surface area contributed by atoms with Crippen molar-refractivity contribution in [3.05, 3.63) is 48.1 Å². The van der Waals surface area contributed by atoms with Crippen molar-refractivity contribution in [1.82, 2.24) is 0 Å². The van der Waals surface area contributed by atoms with E-state index in [2.05, 4.69) is 6.58 Å². The molecule has 0 aliphatic heterocycles. The summed E-state index contributed by atoms with van der Waals surface area (Å²) < 4.78 is 26.6. The molecule has 0 fully saturated rings. The van der Waals surface area contributed by atoms with Crippen LogP contribution < -0.4 is 5.73 Å². The molecule has 0 amide bonds. The van der Waals surface area contributed by atoms with Crippen LogP contribution in [0.5, 0.6) is 0 Å². The second-order valence-corrected chi connectivity index (χ2v) is 3.51. The average molecular weight is 197 g/mol. The molecule has 0 aromatic heterocycles. The lowest BCUT2D eigenvalue weighted by Crippen LogP contribution is -2.34. The molecule has 0 spiro atoms. The van der Waals surface area contributed by atoms with Gasteiger partial charge in [-0.2, -0.15) is 0 Å². The Morgan fingerprint density at radius 3 is 2.36 bits per heavy atom. The van der Waals surface area contributed by atoms with Gasteiger partial charge in [-0.05, 0) is 25.5 Å². The van der Waals surface area contributed by atoms with Crippen molar-refractivity contribution < 1.29 is 8.78 Å². The highest BCUT2D eigenvalue weighted by molar-refractivity contribution is 5.27. The Bertz CT molecular complexity index is 325. The molecule has 1 atom stereocenters. The van der Waals surface area contributed by atoms with Crippen LogP contribution in [-0.4, -0.2) is 0 Å². The van der Waals surface area contributed by atoms with Crippen molar-refractivity contribution >= 4 is 0 Å². The standard InChI is InChI=1S/C11H13F2N/c1-3-7-11(2,14)10-8(12)5-4-6-9(10)13/h3-6H,1,7,14H2,2H3/t11-/m0/s1. The second-order valence-electron chi connectivity index (χ2n) is 3.51. The van der Waals surface area contributed by atoms with E-state index in [1.165, 1.54) is 18.2 Å². The summed E-state index contributed by atoms with van der Waals surface area (Å²) in [6.45, 7) is 5.09. The van der Waals surface area contributed by atoms with Crippen LogP contribution >= 0.6 is 0 Å². The van der Waals surface area contributed by atoms with Crippen molar-refractivity contribution in [3.8, 4) is 0 Å². The quantitative estimate of drug-likeness (QED) is 0.741. The minimum atomic E-state index is -1.04. The highest BCUT2D eigenvalue weighted by Crippen LogP contribution is 2.27. The van der Waals surface area contributed by atoms with Crippen molar-refractivity contribution in [3.63, 3.8) is 0 Å². The van der Waals surface area contributed by atoms with Crippen LogP contribution in [-0.2, 0) is 5.54 Å². The number of halogens is 2. The summed E-state index contributed by atoms with van der Waals surface area (Å²) in [5.74, 6) is -1.23. The molecule has 0 radical (unpaired) electrons. The van der Waals surface area contributed by atoms with E-state index in [0.717, 1.165) is 0 Å². The van der Waals surface area contributed by atoms with Gasteiger partial charge >= 0.3 is 0 Å². The summed E-state index contributed by atoms with van der Waals surface area (Å²) in [4.78, 5) is 0. The maximum atomic E-state index is 13.3. The van der Waals surface area contributed by atoms with Crippen LogP contribution in [0.25, 0.3) is 0 Å². The average Bonchev–Trinajstić information content (AvgIpc) is 2.02. The van der Waals surface area contributed by atoms with Gasteiger partial charge in [0.2, 0.25) is 0 Å². The molecule has 3 heteroatoms. The Morgan fingerprint density at radius 1 is 1.43 bits per heavy atom. The number of hydrogen-bond donors (Lipinski definition) is 1. The number of nitrogens with two attached hydrogens (primary N) is 1. The van der Waals surface area contributed by atoms with Gasteiger partial charge in [-0.1, -0.05) is 12.1 Å². The predicted octanol–water partition coefficient (Wildman–Crippen LogP) is 2.71. The third kappa shape index (κ3) is 1.99. The van der Waals surface area contributed by atoms with Crippen molar-refractivity contribution in [1.29, 1.82) is 0 Å². The van der Waals surface area contributed by atoms with Gasteiger partial charge in [0.25, 0.3) is 0 Å². The maximum Gasteiger partial charge on any atom is 0.131 e. The van der Waals surface area contributed by atoms with Crippen molar-refractivity contribution in [2.45, 2.75) is 18.9 Å². The summed E-state index contributed by atoms with van der Waals surface area (Å²) in [5, 5.41) is 0. The van der Waals surface area contributed by atoms with Gasteiger partial charge in [-0.3, -0.25) is 0 Å². The zero-order chi connectivity index (χ0) is 10.8. The highest BCUT2D eigenvalue weighted by atomic mass is 19.1. The monoisotopic (exact) mass is 197 g/mol. The van der Waals surface area contributed by atoms with Gasteiger partial charge < -0.3 is 5.73 Å². The largest absolute Gasteiger partial charge is 0.321 e. The fourth-order valence-electron chi connectivity index (χ4n) is 1.45. The van der Waals surface area contributed by atoms with E-state index in [0.29, 0.717) is 6.42 Å². The van der Waals surface area contributed by atoms with E-state index >= 15 is 0 Å². The Balaban J connectivity index is 3.23. The van der Waals surface area contributed by atoms with Gasteiger partial charge in [0, 0.05) is 11.1 Å². The first-order valence-corrected chi connectivity index (χ1v) is 4.33. The van der Waals surface area contributed by atoms with Crippen LogP contribution in [0, 0.1) is 11.6 Å². The van der Waals surface area contributed by atoms with Crippen LogP contribution in [0.3, 0.4) is 0 Å². The lowest BCUT2D eigenvalue weighted by molar-refractivity contribution is 0.431. The minimum Gasteiger partial charge on any atom is -0.321 e. The zero-order valence-electron chi connectivity index (χ0n) is 8.06. The molecule has 0 unspecified atom stereocenters. The molecule has 0 aliphatic carbocycles. The Hall–Kier alpha value is -1.22. The molecule has 0 bridgehead atoms. The smallest absolute Gasteiger partial charge is 0.131 e. The van der Waals surface area contributed by atoms with E-state index in [1.807, 2.05) is 0 Å². The lowest BCUT2D eigenvalue weighted by Gasteiger charge is -2.24. The van der Waals surface area contributed by atoms with Gasteiger partial charge in [0.05, 0.1) is 0 Å². The molecule has 1 nitrogen and oxygen atoms in total. The molecule has 14 heavy (non-hydrogen) atoms. The molecular formula is C11H13F2N. The van der Waals surface area contributed by atoms with Gasteiger partial charge in [-0.15, -0.1) is 6.58 Å². The molecule has 1 aromatic rings. The summed E-state index contributed by atoms with van der Waals surface area (Å²) in [7, 11) is 0. The van der Waals surface area contributed by atoms with E-state index in [-0.39, 0.29) is 5.56 Å². The summed E-state index contributed by atoms with van der Waals surface area (Å²) in [5.41, 5.74) is 4.67. The SMILES string of the molecule is C=CC[C@](C)(N)c1c(F)cccc1F. The minimum absolute atomic E-state index is 0.0834. The normalized spacial score (nSPS) is 14.9. The van der Waals surface area contributed by atoms with Crippen LogP contribution in [0.15, 0.2) is 30.9 Å². The zero-order valence-corrected chi connectivity index (χ0v) is 8.06. The van der Waals surface area contributed by atoms with Gasteiger partial charge in [-0.25, -0.2) is 8.78 Å². The van der Waals surface area contributed by atoms with Crippen LogP contribution in [0.2, 0.25) is 0 Å². The molecule has 0 heterocycles. The first-order chi connectivity index (χ1) is 6.49. The van der Waals surface area contributed by atoms with Crippen molar-refractivity contribution in [2.24, 2.45) is 5.73 Å². The first-order valence-electron chi connectivity index (χ1n) is 4.33. The van der Waals surface area contributed by atoms with Gasteiger partial charge in [0.1, 0.15) is 11.6 Å². The third-order valence-corrected chi connectivity index (χ3v) is 2.10. The lowest BCUT2D eigenvalue weighted by atomic mass is 9.89. The molecule has 0 aliphatic rings. The third-order valence-electron chi connectivity index (χ3n) is 2.10. The van der Waals surface area contributed by atoms with E-state index < -0.39 is 17.2 Å². The Labute approximate surface area is 82.2 Å². The fraction of sp³-hybridized carbons (Fsp3) is 0.273. The van der Waals surface area contributed by atoms with Crippen LogP contribution in [0.1, 0.15) is 18.9 Å². The van der Waals surface area contributed by atoms with E-state index in [1.54, 1.807) is 13.0 Å². The fourth-order valence-corrected chi connectivity index (χ4v) is 1.45. The maximum absolute atomic E-state index is 13.3. The summed E-state index contributed by atoms with van der Waals surface area (Å²) in [6.07, 6.45) is 1.87. The molecule has 1 aromatic carbocycles. The molecule has 0 saturated heterocycles. The van der Waals surface area contributed by atoms with E-state index in [9.17, 15) is 8.78 Å². The number of hydrogen-bond acceptors (Lipinski definition) is 1.